The number of amides is 1. The smallest absolute Gasteiger partial charge is 0.239 e. The number of benzene rings is 2. The molecule has 1 N–H and O–H groups in total. The molecule has 0 radical (unpaired) electrons. The minimum Gasteiger partial charge on any atom is -0.496 e. The van der Waals surface area contributed by atoms with Crippen molar-refractivity contribution in [1.82, 2.24) is 0 Å². The lowest BCUT2D eigenvalue weighted by molar-refractivity contribution is -0.113. The van der Waals surface area contributed by atoms with Crippen LogP contribution in [0.15, 0.2) is 42.5 Å². The van der Waals surface area contributed by atoms with Crippen LogP contribution in [-0.4, -0.2) is 27.2 Å². The highest BCUT2D eigenvalue weighted by Crippen LogP contribution is 2.24. The van der Waals surface area contributed by atoms with Crippen LogP contribution in [0, 0.1) is 5.82 Å². The van der Waals surface area contributed by atoms with Gasteiger partial charge in [-0.25, -0.2) is 12.8 Å². The fraction of sp³-hybridized carbons (Fsp3) is 0.188. The Bertz CT molecular complexity index is 855. The van der Waals surface area contributed by atoms with Crippen LogP contribution in [-0.2, 0) is 20.4 Å². The van der Waals surface area contributed by atoms with Gasteiger partial charge in [-0.2, -0.15) is 0 Å². The first-order valence-corrected chi connectivity index (χ1v) is 9.07. The summed E-state index contributed by atoms with van der Waals surface area (Å²) in [4.78, 5) is 11.9. The second-order valence-electron chi connectivity index (χ2n) is 5.05. The molecule has 0 atom stereocenters. The van der Waals surface area contributed by atoms with Crippen molar-refractivity contribution in [2.24, 2.45) is 0 Å². The zero-order valence-corrected chi connectivity index (χ0v) is 14.3. The quantitative estimate of drug-likeness (QED) is 0.847. The average molecular weight is 372 g/mol. The van der Waals surface area contributed by atoms with Crippen molar-refractivity contribution < 1.29 is 22.3 Å². The Morgan fingerprint density at radius 1 is 1.25 bits per heavy atom. The molecule has 24 heavy (non-hydrogen) atoms. The predicted octanol–water partition coefficient (Wildman–Crippen LogP) is 3.04. The molecule has 0 aliphatic rings. The van der Waals surface area contributed by atoms with E-state index in [0.29, 0.717) is 16.3 Å². The van der Waals surface area contributed by atoms with Crippen LogP contribution in [0.1, 0.15) is 5.56 Å². The van der Waals surface area contributed by atoms with Crippen LogP contribution in [0.5, 0.6) is 5.75 Å². The van der Waals surface area contributed by atoms with Gasteiger partial charge in [0, 0.05) is 16.3 Å². The van der Waals surface area contributed by atoms with Gasteiger partial charge >= 0.3 is 0 Å². The number of halogens is 2. The summed E-state index contributed by atoms with van der Waals surface area (Å²) in [6.07, 6.45) is 0. The predicted molar refractivity (Wildman–Crippen MR) is 90.5 cm³/mol. The van der Waals surface area contributed by atoms with Crippen molar-refractivity contribution in [2.45, 2.75) is 5.75 Å². The SMILES string of the molecule is COc1ccc(Cl)cc1CS(=O)(=O)CC(=O)Nc1cccc(F)c1. The number of anilines is 1. The van der Waals surface area contributed by atoms with E-state index >= 15 is 0 Å². The van der Waals surface area contributed by atoms with Crippen molar-refractivity contribution in [3.8, 4) is 5.75 Å². The normalized spacial score (nSPS) is 11.1. The maximum absolute atomic E-state index is 13.1. The van der Waals surface area contributed by atoms with Crippen molar-refractivity contribution in [1.29, 1.82) is 0 Å². The second kappa shape index (κ2) is 7.63. The highest BCUT2D eigenvalue weighted by atomic mass is 35.5. The lowest BCUT2D eigenvalue weighted by Gasteiger charge is -2.10. The second-order valence-corrected chi connectivity index (χ2v) is 7.55. The summed E-state index contributed by atoms with van der Waals surface area (Å²) >= 11 is 5.87. The summed E-state index contributed by atoms with van der Waals surface area (Å²) < 4.78 is 42.6. The maximum atomic E-state index is 13.1. The molecule has 2 rings (SSSR count). The summed E-state index contributed by atoms with van der Waals surface area (Å²) in [5.41, 5.74) is 0.555. The first-order chi connectivity index (χ1) is 11.3. The van der Waals surface area contributed by atoms with Crippen LogP contribution in [0.2, 0.25) is 5.02 Å². The Balaban J connectivity index is 2.08. The van der Waals surface area contributed by atoms with Gasteiger partial charge in [0.2, 0.25) is 5.91 Å². The first kappa shape index (κ1) is 18.2. The number of carbonyl (C=O) groups is 1. The van der Waals surface area contributed by atoms with Gasteiger partial charge in [0.05, 0.1) is 12.9 Å². The molecule has 1 amide bonds. The van der Waals surface area contributed by atoms with Gasteiger partial charge in [-0.1, -0.05) is 17.7 Å². The topological polar surface area (TPSA) is 72.5 Å². The van der Waals surface area contributed by atoms with Gasteiger partial charge in [-0.05, 0) is 36.4 Å². The molecule has 2 aromatic carbocycles. The third-order valence-electron chi connectivity index (χ3n) is 3.08. The number of ether oxygens (including phenoxy) is 1. The van der Waals surface area contributed by atoms with Crippen LogP contribution < -0.4 is 10.1 Å². The van der Waals surface area contributed by atoms with Crippen molar-refractivity contribution in [2.75, 3.05) is 18.2 Å². The number of carbonyl (C=O) groups excluding carboxylic acids is 1. The standard InChI is InChI=1S/C16H15ClFNO4S/c1-23-15-6-5-12(17)7-11(15)9-24(21,22)10-16(20)19-14-4-2-3-13(18)8-14/h2-8H,9-10H2,1H3,(H,19,20). The molecule has 5 nitrogen and oxygen atoms in total. The molecule has 0 unspecified atom stereocenters. The Morgan fingerprint density at radius 3 is 2.67 bits per heavy atom. The molecule has 0 saturated carbocycles. The third-order valence-corrected chi connectivity index (χ3v) is 4.77. The van der Waals surface area contributed by atoms with Gasteiger partial charge in [-0.3, -0.25) is 4.79 Å². The number of methoxy groups -OCH3 is 1. The minimum atomic E-state index is -3.76. The van der Waals surface area contributed by atoms with Crippen molar-refractivity contribution in [3.63, 3.8) is 0 Å². The molecular formula is C16H15ClFNO4S. The molecule has 2 aromatic rings. The Labute approximate surface area is 144 Å². The van der Waals surface area contributed by atoms with Gasteiger partial charge in [0.25, 0.3) is 0 Å². The largest absolute Gasteiger partial charge is 0.496 e. The zero-order valence-electron chi connectivity index (χ0n) is 12.8. The van der Waals surface area contributed by atoms with Crippen molar-refractivity contribution in [3.05, 3.63) is 58.9 Å². The number of rotatable bonds is 6. The molecule has 0 fully saturated rings. The molecule has 0 aliphatic heterocycles. The molecule has 0 spiro atoms. The van der Waals surface area contributed by atoms with E-state index in [9.17, 15) is 17.6 Å². The molecular weight excluding hydrogens is 357 g/mol. The van der Waals surface area contributed by atoms with E-state index in [0.717, 1.165) is 6.07 Å². The molecule has 0 saturated heterocycles. The number of hydrogen-bond acceptors (Lipinski definition) is 4. The van der Waals surface area contributed by atoms with Crippen molar-refractivity contribution >= 4 is 33.0 Å². The lowest BCUT2D eigenvalue weighted by Crippen LogP contribution is -2.24. The van der Waals surface area contributed by atoms with E-state index in [2.05, 4.69) is 5.32 Å². The molecule has 0 aromatic heterocycles. The summed E-state index contributed by atoms with van der Waals surface area (Å²) in [5.74, 6) is -2.04. The molecule has 128 valence electrons. The Hall–Kier alpha value is -2.12. The molecule has 0 aliphatic carbocycles. The summed E-state index contributed by atoms with van der Waals surface area (Å²) in [7, 11) is -2.35. The fourth-order valence-electron chi connectivity index (χ4n) is 2.11. The summed E-state index contributed by atoms with van der Waals surface area (Å²) in [5, 5.41) is 2.72. The summed E-state index contributed by atoms with van der Waals surface area (Å²) in [6, 6.07) is 9.81. The highest BCUT2D eigenvalue weighted by molar-refractivity contribution is 7.91. The Kier molecular flexibility index (Phi) is 5.80. The first-order valence-electron chi connectivity index (χ1n) is 6.87. The number of hydrogen-bond donors (Lipinski definition) is 1. The van der Waals surface area contributed by atoms with Crippen LogP contribution in [0.25, 0.3) is 0 Å². The van der Waals surface area contributed by atoms with E-state index in [1.54, 1.807) is 12.1 Å². The maximum Gasteiger partial charge on any atom is 0.239 e. The highest BCUT2D eigenvalue weighted by Gasteiger charge is 2.20. The van der Waals surface area contributed by atoms with Crippen LogP contribution >= 0.6 is 11.6 Å². The van der Waals surface area contributed by atoms with Crippen LogP contribution in [0.4, 0.5) is 10.1 Å². The lowest BCUT2D eigenvalue weighted by atomic mass is 10.2. The van der Waals surface area contributed by atoms with Gasteiger partial charge in [0.1, 0.15) is 17.3 Å². The summed E-state index contributed by atoms with van der Waals surface area (Å²) in [6.45, 7) is 0. The minimum absolute atomic E-state index is 0.190. The Morgan fingerprint density at radius 2 is 2.00 bits per heavy atom. The third kappa shape index (κ3) is 5.21. The van der Waals surface area contributed by atoms with E-state index in [4.69, 9.17) is 16.3 Å². The molecule has 8 heteroatoms. The van der Waals surface area contributed by atoms with E-state index < -0.39 is 33.1 Å². The van der Waals surface area contributed by atoms with E-state index in [1.165, 1.54) is 31.4 Å². The molecule has 0 heterocycles. The zero-order chi connectivity index (χ0) is 17.7. The van der Waals surface area contributed by atoms with E-state index in [1.807, 2.05) is 0 Å². The van der Waals surface area contributed by atoms with E-state index in [-0.39, 0.29) is 5.69 Å². The fourth-order valence-corrected chi connectivity index (χ4v) is 3.58. The van der Waals surface area contributed by atoms with Crippen LogP contribution in [0.3, 0.4) is 0 Å². The van der Waals surface area contributed by atoms with Gasteiger partial charge in [-0.15, -0.1) is 0 Å². The number of sulfone groups is 1. The van der Waals surface area contributed by atoms with Gasteiger partial charge in [0.15, 0.2) is 9.84 Å². The number of nitrogens with one attached hydrogen (secondary N) is 1. The monoisotopic (exact) mass is 371 g/mol. The van der Waals surface area contributed by atoms with Gasteiger partial charge < -0.3 is 10.1 Å². The molecule has 0 bridgehead atoms. The average Bonchev–Trinajstić information content (AvgIpc) is 2.46.